The number of aromatic nitrogens is 1. The fraction of sp³-hybridized carbons (Fsp3) is 0.308. The highest BCUT2D eigenvalue weighted by atomic mass is 15.1. The molecule has 0 aliphatic carbocycles. The van der Waals surface area contributed by atoms with Crippen LogP contribution in [0.15, 0.2) is 36.5 Å². The number of anilines is 1. The molecule has 0 unspecified atom stereocenters. The van der Waals surface area contributed by atoms with Crippen LogP contribution in [0.3, 0.4) is 0 Å². The van der Waals surface area contributed by atoms with Crippen molar-refractivity contribution in [3.63, 3.8) is 0 Å². The molecule has 1 aromatic heterocycles. The minimum absolute atomic E-state index is 0.675. The Hall–Kier alpha value is -1.61. The van der Waals surface area contributed by atoms with Gasteiger partial charge in [-0.2, -0.15) is 0 Å². The predicted octanol–water partition coefficient (Wildman–Crippen LogP) is 2.02. The molecular formula is C13H17N3. The van der Waals surface area contributed by atoms with E-state index in [9.17, 15) is 0 Å². The second-order valence-electron chi connectivity index (χ2n) is 3.75. The average molecular weight is 215 g/mol. The maximum Gasteiger partial charge on any atom is 0.0722 e. The van der Waals surface area contributed by atoms with Crippen molar-refractivity contribution in [1.29, 1.82) is 0 Å². The number of rotatable bonds is 4. The summed E-state index contributed by atoms with van der Waals surface area (Å²) in [7, 11) is 0. The molecule has 0 atom stereocenters. The summed E-state index contributed by atoms with van der Waals surface area (Å²) < 4.78 is 0. The number of benzene rings is 1. The molecule has 0 fully saturated rings. The lowest BCUT2D eigenvalue weighted by Gasteiger charge is -2.22. The monoisotopic (exact) mass is 215 g/mol. The number of nitrogens with two attached hydrogens (primary N) is 1. The first-order chi connectivity index (χ1) is 7.85. The van der Waals surface area contributed by atoms with E-state index >= 15 is 0 Å². The Kier molecular flexibility index (Phi) is 3.37. The Morgan fingerprint density at radius 1 is 1.31 bits per heavy atom. The lowest BCUT2D eigenvalue weighted by Crippen LogP contribution is -2.28. The topological polar surface area (TPSA) is 42.1 Å². The molecule has 0 saturated carbocycles. The first-order valence-corrected chi connectivity index (χ1v) is 5.65. The van der Waals surface area contributed by atoms with Gasteiger partial charge >= 0.3 is 0 Å². The summed E-state index contributed by atoms with van der Waals surface area (Å²) in [5.74, 6) is 0. The van der Waals surface area contributed by atoms with Crippen molar-refractivity contribution in [2.45, 2.75) is 6.92 Å². The van der Waals surface area contributed by atoms with Crippen LogP contribution in [0.5, 0.6) is 0 Å². The first kappa shape index (κ1) is 10.9. The zero-order valence-electron chi connectivity index (χ0n) is 9.56. The molecule has 0 amide bonds. The molecule has 0 aliphatic rings. The molecule has 2 N–H and O–H groups in total. The summed E-state index contributed by atoms with van der Waals surface area (Å²) in [5.41, 5.74) is 7.83. The van der Waals surface area contributed by atoms with Crippen LogP contribution in [0, 0.1) is 0 Å². The Balaban J connectivity index is 2.37. The molecule has 1 aromatic carbocycles. The summed E-state index contributed by atoms with van der Waals surface area (Å²) in [6.45, 7) is 4.66. The van der Waals surface area contributed by atoms with Gasteiger partial charge in [0.2, 0.25) is 0 Å². The van der Waals surface area contributed by atoms with Crippen LogP contribution in [0.1, 0.15) is 6.92 Å². The fourth-order valence-electron chi connectivity index (χ4n) is 1.88. The van der Waals surface area contributed by atoms with E-state index in [1.165, 1.54) is 11.1 Å². The van der Waals surface area contributed by atoms with Gasteiger partial charge in [-0.05, 0) is 25.1 Å². The van der Waals surface area contributed by atoms with Gasteiger partial charge in [0.25, 0.3) is 0 Å². The first-order valence-electron chi connectivity index (χ1n) is 5.65. The van der Waals surface area contributed by atoms with Gasteiger partial charge in [0.1, 0.15) is 0 Å². The third-order valence-corrected chi connectivity index (χ3v) is 2.74. The smallest absolute Gasteiger partial charge is 0.0722 e. The standard InChI is InChI=1S/C13H17N3/c1-2-16(9-7-14)12-6-5-11-4-3-8-15-13(11)10-12/h3-6,8,10H,2,7,9,14H2,1H3. The summed E-state index contributed by atoms with van der Waals surface area (Å²) >= 11 is 0. The van der Waals surface area contributed by atoms with Gasteiger partial charge < -0.3 is 10.6 Å². The van der Waals surface area contributed by atoms with Crippen LogP contribution < -0.4 is 10.6 Å². The largest absolute Gasteiger partial charge is 0.370 e. The highest BCUT2D eigenvalue weighted by molar-refractivity contribution is 5.82. The van der Waals surface area contributed by atoms with Gasteiger partial charge in [0.15, 0.2) is 0 Å². The highest BCUT2D eigenvalue weighted by Crippen LogP contribution is 2.20. The Bertz CT molecular complexity index is 467. The van der Waals surface area contributed by atoms with Crippen molar-refractivity contribution in [1.82, 2.24) is 4.98 Å². The van der Waals surface area contributed by atoms with Gasteiger partial charge in [-0.25, -0.2) is 0 Å². The van der Waals surface area contributed by atoms with E-state index in [1.54, 1.807) is 0 Å². The molecule has 0 aliphatic heterocycles. The third-order valence-electron chi connectivity index (χ3n) is 2.74. The summed E-state index contributed by atoms with van der Waals surface area (Å²) in [6.07, 6.45) is 1.82. The van der Waals surface area contributed by atoms with Crippen LogP contribution in [0.4, 0.5) is 5.69 Å². The van der Waals surface area contributed by atoms with Gasteiger partial charge in [-0.1, -0.05) is 12.1 Å². The van der Waals surface area contributed by atoms with Crippen molar-refractivity contribution >= 4 is 16.6 Å². The van der Waals surface area contributed by atoms with Crippen molar-refractivity contribution in [3.8, 4) is 0 Å². The molecule has 0 bridgehead atoms. The van der Waals surface area contributed by atoms with Crippen molar-refractivity contribution in [2.24, 2.45) is 5.73 Å². The lowest BCUT2D eigenvalue weighted by atomic mass is 10.2. The second-order valence-corrected chi connectivity index (χ2v) is 3.75. The molecule has 16 heavy (non-hydrogen) atoms. The number of fused-ring (bicyclic) bond motifs is 1. The molecule has 3 nitrogen and oxygen atoms in total. The number of pyridine rings is 1. The van der Waals surface area contributed by atoms with E-state index < -0.39 is 0 Å². The van der Waals surface area contributed by atoms with Gasteiger partial charge in [-0.3, -0.25) is 4.98 Å². The zero-order chi connectivity index (χ0) is 11.4. The summed E-state index contributed by atoms with van der Waals surface area (Å²) in [6, 6.07) is 10.4. The van der Waals surface area contributed by atoms with E-state index in [0.717, 1.165) is 18.6 Å². The quantitative estimate of drug-likeness (QED) is 0.848. The average Bonchev–Trinajstić information content (AvgIpc) is 2.35. The number of hydrogen-bond donors (Lipinski definition) is 1. The van der Waals surface area contributed by atoms with Gasteiger partial charge in [-0.15, -0.1) is 0 Å². The predicted molar refractivity (Wildman–Crippen MR) is 68.7 cm³/mol. The molecular weight excluding hydrogens is 198 g/mol. The van der Waals surface area contributed by atoms with Gasteiger partial charge in [0, 0.05) is 36.9 Å². The molecule has 2 aromatic rings. The minimum Gasteiger partial charge on any atom is -0.370 e. The Labute approximate surface area is 95.9 Å². The van der Waals surface area contributed by atoms with E-state index in [4.69, 9.17) is 5.73 Å². The zero-order valence-corrected chi connectivity index (χ0v) is 9.56. The number of likely N-dealkylation sites (N-methyl/N-ethyl adjacent to an activating group) is 1. The number of nitrogens with zero attached hydrogens (tertiary/aromatic N) is 2. The molecule has 2 rings (SSSR count). The second kappa shape index (κ2) is 4.94. The van der Waals surface area contributed by atoms with Crippen LogP contribution in [-0.4, -0.2) is 24.6 Å². The molecule has 3 heteroatoms. The van der Waals surface area contributed by atoms with Gasteiger partial charge in [0.05, 0.1) is 5.52 Å². The van der Waals surface area contributed by atoms with Crippen LogP contribution in [-0.2, 0) is 0 Å². The van der Waals surface area contributed by atoms with Crippen LogP contribution in [0.2, 0.25) is 0 Å². The number of hydrogen-bond acceptors (Lipinski definition) is 3. The molecule has 0 saturated heterocycles. The highest BCUT2D eigenvalue weighted by Gasteiger charge is 2.03. The van der Waals surface area contributed by atoms with Crippen LogP contribution >= 0.6 is 0 Å². The van der Waals surface area contributed by atoms with E-state index in [2.05, 4.69) is 41.1 Å². The SMILES string of the molecule is CCN(CCN)c1ccc2cccnc2c1. The summed E-state index contributed by atoms with van der Waals surface area (Å²) in [4.78, 5) is 6.62. The maximum absolute atomic E-state index is 5.60. The lowest BCUT2D eigenvalue weighted by molar-refractivity contribution is 0.817. The minimum atomic E-state index is 0.675. The molecule has 0 spiro atoms. The maximum atomic E-state index is 5.60. The summed E-state index contributed by atoms with van der Waals surface area (Å²) in [5, 5.41) is 1.18. The van der Waals surface area contributed by atoms with Crippen molar-refractivity contribution in [2.75, 3.05) is 24.5 Å². The molecule has 84 valence electrons. The third kappa shape index (κ3) is 2.14. The van der Waals surface area contributed by atoms with Crippen molar-refractivity contribution in [3.05, 3.63) is 36.5 Å². The molecule has 1 heterocycles. The molecule has 0 radical (unpaired) electrons. The van der Waals surface area contributed by atoms with Crippen LogP contribution in [0.25, 0.3) is 10.9 Å². The van der Waals surface area contributed by atoms with E-state index in [-0.39, 0.29) is 0 Å². The Morgan fingerprint density at radius 2 is 2.19 bits per heavy atom. The Morgan fingerprint density at radius 3 is 2.94 bits per heavy atom. The van der Waals surface area contributed by atoms with E-state index in [1.807, 2.05) is 12.3 Å². The van der Waals surface area contributed by atoms with E-state index in [0.29, 0.717) is 6.54 Å². The van der Waals surface area contributed by atoms with Crippen molar-refractivity contribution < 1.29 is 0 Å². The fourth-order valence-corrected chi connectivity index (χ4v) is 1.88. The normalized spacial score (nSPS) is 10.6.